The molecule has 1 heterocycles. The molecule has 0 saturated heterocycles. The zero-order valence-corrected chi connectivity index (χ0v) is 18.5. The van der Waals surface area contributed by atoms with Crippen molar-refractivity contribution in [2.75, 3.05) is 26.0 Å². The van der Waals surface area contributed by atoms with Crippen LogP contribution in [0.1, 0.15) is 12.7 Å². The highest BCUT2D eigenvalue weighted by molar-refractivity contribution is 7.89. The van der Waals surface area contributed by atoms with E-state index in [0.29, 0.717) is 12.1 Å². The maximum atomic E-state index is 12.5. The van der Waals surface area contributed by atoms with Gasteiger partial charge in [-0.25, -0.2) is 17.7 Å². The van der Waals surface area contributed by atoms with E-state index in [-0.39, 0.29) is 4.90 Å². The molecule has 4 rings (SSSR count). The van der Waals surface area contributed by atoms with Crippen LogP contribution in [0.15, 0.2) is 65.6 Å². The zero-order valence-electron chi connectivity index (χ0n) is 17.7. The molecule has 0 unspecified atom stereocenters. The molecule has 7 heteroatoms. The predicted molar refractivity (Wildman–Crippen MR) is 122 cm³/mol. The molecule has 0 bridgehead atoms. The van der Waals surface area contributed by atoms with Crippen molar-refractivity contribution in [1.29, 1.82) is 0 Å². The van der Waals surface area contributed by atoms with Gasteiger partial charge in [-0.1, -0.05) is 30.3 Å². The summed E-state index contributed by atoms with van der Waals surface area (Å²) in [7, 11) is 1.63. The molecule has 156 valence electrons. The molecule has 0 N–H and O–H groups in total. The third-order valence-corrected chi connectivity index (χ3v) is 7.26. The summed E-state index contributed by atoms with van der Waals surface area (Å²) in [5, 5.41) is 2.41. The number of fused-ring (bicyclic) bond motifs is 2. The molecule has 30 heavy (non-hydrogen) atoms. The Bertz CT molecular complexity index is 1330. The minimum Gasteiger partial charge on any atom is -0.367 e. The van der Waals surface area contributed by atoms with Gasteiger partial charge in [-0.3, -0.25) is 0 Å². The number of rotatable bonds is 6. The fraction of sp³-hybridized carbons (Fsp3) is 0.261. The first-order valence-electron chi connectivity index (χ1n) is 9.93. The van der Waals surface area contributed by atoms with Crippen molar-refractivity contribution >= 4 is 37.5 Å². The van der Waals surface area contributed by atoms with Crippen LogP contribution < -0.4 is 4.90 Å². The maximum Gasteiger partial charge on any atom is 0.242 e. The van der Waals surface area contributed by atoms with Crippen LogP contribution in [0.25, 0.3) is 21.8 Å². The molecule has 0 radical (unpaired) electrons. The fourth-order valence-corrected chi connectivity index (χ4v) is 4.64. The summed E-state index contributed by atoms with van der Waals surface area (Å²) in [5.41, 5.74) is 2.75. The zero-order chi connectivity index (χ0) is 21.5. The summed E-state index contributed by atoms with van der Waals surface area (Å²) in [6.07, 6.45) is 0. The van der Waals surface area contributed by atoms with Crippen molar-refractivity contribution in [3.63, 3.8) is 0 Å². The molecule has 0 spiro atoms. The van der Waals surface area contributed by atoms with E-state index in [9.17, 15) is 8.42 Å². The second-order valence-corrected chi connectivity index (χ2v) is 9.75. The van der Waals surface area contributed by atoms with Crippen molar-refractivity contribution in [1.82, 2.24) is 13.9 Å². The van der Waals surface area contributed by atoms with Crippen molar-refractivity contribution < 1.29 is 8.42 Å². The normalized spacial score (nSPS) is 12.2. The molecule has 1 aromatic heterocycles. The highest BCUT2D eigenvalue weighted by Gasteiger charge is 2.20. The van der Waals surface area contributed by atoms with E-state index in [1.807, 2.05) is 25.2 Å². The largest absolute Gasteiger partial charge is 0.367 e. The van der Waals surface area contributed by atoms with E-state index in [2.05, 4.69) is 46.7 Å². The third kappa shape index (κ3) is 3.55. The van der Waals surface area contributed by atoms with E-state index in [1.165, 1.54) is 29.2 Å². The van der Waals surface area contributed by atoms with E-state index >= 15 is 0 Å². The van der Waals surface area contributed by atoms with Crippen molar-refractivity contribution in [2.45, 2.75) is 24.9 Å². The number of sulfonamides is 1. The Hall–Kier alpha value is -2.90. The molecule has 3 aromatic carbocycles. The molecule has 0 fully saturated rings. The number of hydrogen-bond donors (Lipinski definition) is 0. The van der Waals surface area contributed by atoms with E-state index in [1.54, 1.807) is 12.1 Å². The van der Waals surface area contributed by atoms with Crippen LogP contribution >= 0.6 is 0 Å². The Kier molecular flexibility index (Phi) is 5.26. The van der Waals surface area contributed by atoms with Gasteiger partial charge in [-0.2, -0.15) is 0 Å². The van der Waals surface area contributed by atoms with Gasteiger partial charge in [0.15, 0.2) is 0 Å². The van der Waals surface area contributed by atoms with E-state index in [0.717, 1.165) is 23.6 Å². The number of aromatic nitrogens is 2. The smallest absolute Gasteiger partial charge is 0.242 e. The van der Waals surface area contributed by atoms with Crippen molar-refractivity contribution in [3.8, 4) is 0 Å². The standard InChI is InChI=1S/C23H26N4O2S/c1-5-27-22-13-12-20(30(28,29)25(2)3)15-21(22)24-23(27)16-26(4)19-11-10-17-8-6-7-9-18(17)14-19/h6-15H,5,16H2,1-4H3. The summed E-state index contributed by atoms with van der Waals surface area (Å²) in [5.74, 6) is 0.905. The second-order valence-electron chi connectivity index (χ2n) is 7.60. The van der Waals surface area contributed by atoms with Crippen molar-refractivity contribution in [2.24, 2.45) is 0 Å². The topological polar surface area (TPSA) is 58.4 Å². The third-order valence-electron chi connectivity index (χ3n) is 5.45. The lowest BCUT2D eigenvalue weighted by Gasteiger charge is -2.20. The second kappa shape index (κ2) is 7.74. The highest BCUT2D eigenvalue weighted by Crippen LogP contribution is 2.25. The van der Waals surface area contributed by atoms with Crippen LogP contribution in [0, 0.1) is 0 Å². The number of aryl methyl sites for hydroxylation is 1. The van der Waals surface area contributed by atoms with Gasteiger partial charge in [0.2, 0.25) is 10.0 Å². The number of anilines is 1. The summed E-state index contributed by atoms with van der Waals surface area (Å²) >= 11 is 0. The van der Waals surface area contributed by atoms with E-state index < -0.39 is 10.0 Å². The Labute approximate surface area is 177 Å². The average molecular weight is 423 g/mol. The van der Waals surface area contributed by atoms with Crippen LogP contribution in [0.2, 0.25) is 0 Å². The lowest BCUT2D eigenvalue weighted by Crippen LogP contribution is -2.22. The molecular formula is C23H26N4O2S. The van der Waals surface area contributed by atoms with Crippen LogP contribution in [0.5, 0.6) is 0 Å². The molecule has 0 aliphatic heterocycles. The summed E-state index contributed by atoms with van der Waals surface area (Å²) in [6, 6.07) is 19.9. The number of hydrogen-bond acceptors (Lipinski definition) is 4. The molecule has 0 atom stereocenters. The first-order valence-corrected chi connectivity index (χ1v) is 11.4. The average Bonchev–Trinajstić information content (AvgIpc) is 3.09. The van der Waals surface area contributed by atoms with Gasteiger partial charge in [0, 0.05) is 33.4 Å². The van der Waals surface area contributed by atoms with Gasteiger partial charge in [-0.05, 0) is 48.0 Å². The number of imidazole rings is 1. The van der Waals surface area contributed by atoms with Gasteiger partial charge < -0.3 is 9.47 Å². The lowest BCUT2D eigenvalue weighted by atomic mass is 10.1. The Morgan fingerprint density at radius 2 is 1.67 bits per heavy atom. The fourth-order valence-electron chi connectivity index (χ4n) is 3.72. The van der Waals surface area contributed by atoms with Crippen molar-refractivity contribution in [3.05, 3.63) is 66.5 Å². The predicted octanol–water partition coefficient (Wildman–Crippen LogP) is 4.10. The first-order chi connectivity index (χ1) is 14.3. The van der Waals surface area contributed by atoms with Crippen LogP contribution in [0.4, 0.5) is 5.69 Å². The monoisotopic (exact) mass is 422 g/mol. The maximum absolute atomic E-state index is 12.5. The first kappa shape index (κ1) is 20.4. The SMILES string of the molecule is CCn1c(CN(C)c2ccc3ccccc3c2)nc2cc(S(=O)(=O)N(C)C)ccc21. The molecule has 0 amide bonds. The highest BCUT2D eigenvalue weighted by atomic mass is 32.2. The minimum absolute atomic E-state index is 0.259. The summed E-state index contributed by atoms with van der Waals surface area (Å²) < 4.78 is 28.3. The summed E-state index contributed by atoms with van der Waals surface area (Å²) in [4.78, 5) is 7.21. The number of nitrogens with zero attached hydrogens (tertiary/aromatic N) is 4. The van der Waals surface area contributed by atoms with Crippen LogP contribution in [-0.4, -0.2) is 43.4 Å². The van der Waals surface area contributed by atoms with Crippen LogP contribution in [0.3, 0.4) is 0 Å². The minimum atomic E-state index is -3.49. The Balaban J connectivity index is 1.70. The van der Waals surface area contributed by atoms with Gasteiger partial charge in [-0.15, -0.1) is 0 Å². The summed E-state index contributed by atoms with van der Waals surface area (Å²) in [6.45, 7) is 3.46. The Morgan fingerprint density at radius 3 is 2.37 bits per heavy atom. The molecule has 4 aromatic rings. The number of benzene rings is 3. The molecular weight excluding hydrogens is 396 g/mol. The molecule has 0 aliphatic rings. The van der Waals surface area contributed by atoms with Gasteiger partial charge in [0.1, 0.15) is 5.82 Å². The Morgan fingerprint density at radius 1 is 0.933 bits per heavy atom. The molecule has 0 saturated carbocycles. The lowest BCUT2D eigenvalue weighted by molar-refractivity contribution is 0.521. The van der Waals surface area contributed by atoms with Gasteiger partial charge in [0.05, 0.1) is 22.5 Å². The molecule has 6 nitrogen and oxygen atoms in total. The van der Waals surface area contributed by atoms with Gasteiger partial charge >= 0.3 is 0 Å². The van der Waals surface area contributed by atoms with Gasteiger partial charge in [0.25, 0.3) is 0 Å². The van der Waals surface area contributed by atoms with E-state index in [4.69, 9.17) is 4.98 Å². The van der Waals surface area contributed by atoms with Crippen LogP contribution in [-0.2, 0) is 23.1 Å². The quantitative estimate of drug-likeness (QED) is 0.469. The molecule has 0 aliphatic carbocycles.